The van der Waals surface area contributed by atoms with Crippen molar-refractivity contribution in [2.75, 3.05) is 5.75 Å². The zero-order chi connectivity index (χ0) is 17.8. The van der Waals surface area contributed by atoms with E-state index in [1.807, 2.05) is 20.8 Å². The third kappa shape index (κ3) is 3.24. The Kier molecular flexibility index (Phi) is 4.31. The Hall–Kier alpha value is -0.620. The van der Waals surface area contributed by atoms with E-state index in [2.05, 4.69) is 0 Å². The third-order valence-electron chi connectivity index (χ3n) is 6.36. The number of rotatable bonds is 6. The van der Waals surface area contributed by atoms with Crippen molar-refractivity contribution >= 4 is 16.1 Å². The van der Waals surface area contributed by atoms with E-state index in [1.54, 1.807) is 6.92 Å². The molecule has 4 bridgehead atoms. The molecule has 0 radical (unpaired) electrons. The lowest BCUT2D eigenvalue weighted by Crippen LogP contribution is -2.62. The smallest absolute Gasteiger partial charge is 0.312 e. The molecule has 24 heavy (non-hydrogen) atoms. The van der Waals surface area contributed by atoms with Gasteiger partial charge in [-0.3, -0.25) is 8.98 Å². The van der Waals surface area contributed by atoms with Gasteiger partial charge < -0.3 is 4.74 Å². The van der Waals surface area contributed by atoms with Crippen LogP contribution in [0.4, 0.5) is 0 Å². The van der Waals surface area contributed by atoms with Crippen LogP contribution in [0, 0.1) is 17.3 Å². The van der Waals surface area contributed by atoms with Gasteiger partial charge in [0.05, 0.1) is 16.8 Å². The first-order valence-electron chi connectivity index (χ1n) is 9.19. The van der Waals surface area contributed by atoms with Crippen molar-refractivity contribution in [1.82, 2.24) is 0 Å². The molecule has 0 aromatic rings. The molecule has 4 aliphatic carbocycles. The molecule has 0 aromatic heterocycles. The highest BCUT2D eigenvalue weighted by molar-refractivity contribution is 7.86. The van der Waals surface area contributed by atoms with Crippen LogP contribution in [0.15, 0.2) is 0 Å². The monoisotopic (exact) mass is 358 g/mol. The first-order valence-corrected chi connectivity index (χ1v) is 10.8. The van der Waals surface area contributed by atoms with Gasteiger partial charge in [0.15, 0.2) is 0 Å². The van der Waals surface area contributed by atoms with Gasteiger partial charge in [0, 0.05) is 6.42 Å². The molecule has 0 N–H and O–H groups in total. The molecular formula is C18H30O5S. The number of hydrogen-bond donors (Lipinski definition) is 0. The van der Waals surface area contributed by atoms with Crippen LogP contribution in [0.5, 0.6) is 0 Å². The topological polar surface area (TPSA) is 69.7 Å². The lowest BCUT2D eigenvalue weighted by Gasteiger charge is -2.60. The summed E-state index contributed by atoms with van der Waals surface area (Å²) in [5, 5.41) is 0. The highest BCUT2D eigenvalue weighted by atomic mass is 32.2. The van der Waals surface area contributed by atoms with Crippen molar-refractivity contribution in [1.29, 1.82) is 0 Å². The largest absolute Gasteiger partial charge is 0.459 e. The molecule has 4 fully saturated rings. The lowest BCUT2D eigenvalue weighted by molar-refractivity contribution is -0.219. The number of ether oxygens (including phenoxy) is 1. The molecule has 5 nitrogen and oxygen atoms in total. The van der Waals surface area contributed by atoms with Crippen molar-refractivity contribution in [3.05, 3.63) is 0 Å². The minimum absolute atomic E-state index is 0.0141. The molecule has 4 rings (SSSR count). The van der Waals surface area contributed by atoms with Crippen LogP contribution in [0.25, 0.3) is 0 Å². The summed E-state index contributed by atoms with van der Waals surface area (Å²) in [6.07, 6.45) is 5.61. The zero-order valence-electron chi connectivity index (χ0n) is 15.3. The molecule has 6 heteroatoms. The molecule has 2 atom stereocenters. The molecule has 0 aliphatic heterocycles. The summed E-state index contributed by atoms with van der Waals surface area (Å²) < 4.78 is 35.9. The van der Waals surface area contributed by atoms with Crippen molar-refractivity contribution in [3.8, 4) is 0 Å². The van der Waals surface area contributed by atoms with E-state index in [-0.39, 0.29) is 11.7 Å². The summed E-state index contributed by atoms with van der Waals surface area (Å²) in [6, 6.07) is 0. The number of carbonyl (C=O) groups is 1. The Morgan fingerprint density at radius 1 is 1.08 bits per heavy atom. The van der Waals surface area contributed by atoms with Gasteiger partial charge in [-0.05, 0) is 71.1 Å². The van der Waals surface area contributed by atoms with Crippen LogP contribution in [0.1, 0.15) is 72.6 Å². The van der Waals surface area contributed by atoms with Crippen LogP contribution < -0.4 is 0 Å². The number of hydrogen-bond acceptors (Lipinski definition) is 5. The van der Waals surface area contributed by atoms with Crippen LogP contribution in [-0.2, 0) is 23.8 Å². The summed E-state index contributed by atoms with van der Waals surface area (Å²) in [6.45, 7) is 7.40. The number of carbonyl (C=O) groups excluding carboxylic acids is 1. The molecule has 0 heterocycles. The maximum Gasteiger partial charge on any atom is 0.312 e. The van der Waals surface area contributed by atoms with Crippen molar-refractivity contribution in [3.63, 3.8) is 0 Å². The lowest BCUT2D eigenvalue weighted by atomic mass is 9.52. The van der Waals surface area contributed by atoms with Crippen LogP contribution in [0.3, 0.4) is 0 Å². The average Bonchev–Trinajstić information content (AvgIpc) is 2.44. The molecule has 0 amide bonds. The minimum atomic E-state index is -3.51. The Morgan fingerprint density at radius 2 is 1.62 bits per heavy atom. The van der Waals surface area contributed by atoms with Crippen LogP contribution in [-0.4, -0.2) is 31.3 Å². The fraction of sp³-hybridized carbons (Fsp3) is 0.944. The molecule has 4 saturated carbocycles. The quantitative estimate of drug-likeness (QED) is 0.537. The van der Waals surface area contributed by atoms with E-state index in [0.717, 1.165) is 38.5 Å². The summed E-state index contributed by atoms with van der Waals surface area (Å²) in [5.41, 5.74) is -1.70. The van der Waals surface area contributed by atoms with Gasteiger partial charge >= 0.3 is 5.97 Å². The summed E-state index contributed by atoms with van der Waals surface area (Å²) in [7, 11) is -3.51. The first-order chi connectivity index (χ1) is 11.0. The molecular weight excluding hydrogens is 328 g/mol. The Balaban J connectivity index is 1.84. The van der Waals surface area contributed by atoms with Gasteiger partial charge in [0.1, 0.15) is 5.60 Å². The fourth-order valence-electron chi connectivity index (χ4n) is 5.12. The second kappa shape index (κ2) is 5.70. The van der Waals surface area contributed by atoms with Gasteiger partial charge in [-0.1, -0.05) is 6.92 Å². The second-order valence-corrected chi connectivity index (χ2v) is 10.7. The SMILES string of the molecule is CCC(C)(C)C(=O)OC12CC3CC(C1)CC(OS(=O)(=O)CC)(C3)C2. The van der Waals surface area contributed by atoms with Gasteiger partial charge in [-0.25, -0.2) is 0 Å². The van der Waals surface area contributed by atoms with E-state index in [4.69, 9.17) is 8.92 Å². The molecule has 4 aliphatic rings. The van der Waals surface area contributed by atoms with Crippen molar-refractivity contribution < 1.29 is 22.1 Å². The fourth-order valence-corrected chi connectivity index (χ4v) is 5.97. The van der Waals surface area contributed by atoms with E-state index in [9.17, 15) is 13.2 Å². The van der Waals surface area contributed by atoms with Gasteiger partial charge in [-0.2, -0.15) is 8.42 Å². The molecule has 0 aromatic carbocycles. The highest BCUT2D eigenvalue weighted by Gasteiger charge is 2.62. The van der Waals surface area contributed by atoms with Crippen LogP contribution in [0.2, 0.25) is 0 Å². The van der Waals surface area contributed by atoms with Crippen molar-refractivity contribution in [2.45, 2.75) is 83.8 Å². The van der Waals surface area contributed by atoms with E-state index in [1.165, 1.54) is 0 Å². The molecule has 0 spiro atoms. The maximum absolute atomic E-state index is 12.6. The summed E-state index contributed by atoms with van der Waals surface area (Å²) >= 11 is 0. The second-order valence-electron chi connectivity index (χ2n) is 8.88. The average molecular weight is 359 g/mol. The summed E-state index contributed by atoms with van der Waals surface area (Å²) in [5.74, 6) is 0.617. The Morgan fingerprint density at radius 3 is 2.12 bits per heavy atom. The Bertz CT molecular complexity index is 607. The predicted molar refractivity (Wildman–Crippen MR) is 90.9 cm³/mol. The first kappa shape index (κ1) is 18.2. The minimum Gasteiger partial charge on any atom is -0.459 e. The van der Waals surface area contributed by atoms with E-state index in [0.29, 0.717) is 18.3 Å². The predicted octanol–water partition coefficient (Wildman–Crippen LogP) is 3.42. The van der Waals surface area contributed by atoms with Crippen molar-refractivity contribution in [2.24, 2.45) is 17.3 Å². The number of esters is 1. The van der Waals surface area contributed by atoms with Gasteiger partial charge in [0.25, 0.3) is 10.1 Å². The van der Waals surface area contributed by atoms with Crippen LogP contribution >= 0.6 is 0 Å². The maximum atomic E-state index is 12.6. The highest BCUT2D eigenvalue weighted by Crippen LogP contribution is 2.60. The van der Waals surface area contributed by atoms with E-state index >= 15 is 0 Å². The van der Waals surface area contributed by atoms with E-state index < -0.39 is 26.7 Å². The summed E-state index contributed by atoms with van der Waals surface area (Å²) in [4.78, 5) is 12.6. The molecule has 138 valence electrons. The molecule has 0 saturated heterocycles. The standard InChI is InChI=1S/C18H30O5S/c1-5-16(3,4)15(19)22-17-8-13-7-14(9-17)11-18(10-13,12-17)23-24(20,21)6-2/h13-14H,5-12H2,1-4H3. The molecule has 2 unspecified atom stereocenters. The Labute approximate surface area is 145 Å². The van der Waals surface area contributed by atoms with Gasteiger partial charge in [-0.15, -0.1) is 0 Å². The third-order valence-corrected chi connectivity index (χ3v) is 7.67. The zero-order valence-corrected chi connectivity index (χ0v) is 16.1. The van der Waals surface area contributed by atoms with Gasteiger partial charge in [0.2, 0.25) is 0 Å². The normalized spacial score (nSPS) is 38.3.